The van der Waals surface area contributed by atoms with Crippen molar-refractivity contribution in [2.45, 2.75) is 53.9 Å². The summed E-state index contributed by atoms with van der Waals surface area (Å²) in [5, 5.41) is 0. The summed E-state index contributed by atoms with van der Waals surface area (Å²) in [7, 11) is 0. The van der Waals surface area contributed by atoms with Gasteiger partial charge in [0.05, 0.1) is 11.4 Å². The molecular weight excluding hydrogens is 798 g/mol. The maximum absolute atomic E-state index is 4.30. The van der Waals surface area contributed by atoms with Crippen LogP contribution in [0.15, 0.2) is 201 Å². The van der Waals surface area contributed by atoms with Gasteiger partial charge in [-0.25, -0.2) is 0 Å². The maximum atomic E-state index is 4.30. The highest BCUT2D eigenvalue weighted by molar-refractivity contribution is 7.00. The highest BCUT2D eigenvalue weighted by atomic mass is 15.2. The van der Waals surface area contributed by atoms with Crippen molar-refractivity contribution < 1.29 is 0 Å². The fourth-order valence-electron chi connectivity index (χ4n) is 10.2. The number of hydrogen-bond donors (Lipinski definition) is 0. The van der Waals surface area contributed by atoms with Gasteiger partial charge in [0.25, 0.3) is 6.71 Å². The first kappa shape index (κ1) is 42.4. The SMILES string of the molecule is C=C/C=C(\C=C)c1ccccc1N1c2ccc(C(C)(C)C)cc2B2c3cc(C)ccc3N(c3ccc(C)cc3)c3cc(N(c4ccc(-c5ccccc5)cc4)c4ccc(C)cc4C)cc1c32. The number of rotatable bonds is 9. The van der Waals surface area contributed by atoms with Crippen LogP contribution in [0.2, 0.25) is 0 Å². The number of fused-ring (bicyclic) bond motifs is 4. The van der Waals surface area contributed by atoms with Gasteiger partial charge < -0.3 is 14.7 Å². The van der Waals surface area contributed by atoms with Crippen molar-refractivity contribution in [3.63, 3.8) is 0 Å². The van der Waals surface area contributed by atoms with Crippen LogP contribution in [-0.4, -0.2) is 6.71 Å². The lowest BCUT2D eigenvalue weighted by molar-refractivity contribution is 0.591. The third kappa shape index (κ3) is 7.37. The van der Waals surface area contributed by atoms with Crippen LogP contribution in [-0.2, 0) is 5.41 Å². The van der Waals surface area contributed by atoms with E-state index in [4.69, 9.17) is 0 Å². The van der Waals surface area contributed by atoms with Crippen molar-refractivity contribution in [2.75, 3.05) is 14.7 Å². The molecule has 66 heavy (non-hydrogen) atoms. The lowest BCUT2D eigenvalue weighted by Gasteiger charge is -2.45. The van der Waals surface area contributed by atoms with E-state index in [1.807, 2.05) is 12.2 Å². The van der Waals surface area contributed by atoms with E-state index in [0.29, 0.717) is 0 Å². The average Bonchev–Trinajstić information content (AvgIpc) is 3.32. The summed E-state index contributed by atoms with van der Waals surface area (Å²) in [6.45, 7) is 24.1. The zero-order valence-corrected chi connectivity index (χ0v) is 39.2. The van der Waals surface area contributed by atoms with Crippen LogP contribution in [0, 0.1) is 27.7 Å². The van der Waals surface area contributed by atoms with E-state index in [-0.39, 0.29) is 12.1 Å². The summed E-state index contributed by atoms with van der Waals surface area (Å²) in [4.78, 5) is 7.51. The number of aryl methyl sites for hydroxylation is 4. The van der Waals surface area contributed by atoms with Crippen LogP contribution in [0.1, 0.15) is 54.2 Å². The molecule has 0 N–H and O–H groups in total. The van der Waals surface area contributed by atoms with E-state index in [2.05, 4.69) is 252 Å². The Bertz CT molecular complexity index is 3210. The first-order valence-electron chi connectivity index (χ1n) is 23.1. The Balaban J connectivity index is 1.34. The number of allylic oxidation sites excluding steroid dienone is 4. The molecule has 8 aromatic carbocycles. The molecule has 0 saturated heterocycles. The minimum absolute atomic E-state index is 0.0383. The van der Waals surface area contributed by atoms with E-state index in [0.717, 1.165) is 50.9 Å². The second kappa shape index (κ2) is 16.8. The summed E-state index contributed by atoms with van der Waals surface area (Å²) in [6, 6.07) is 63.5. The Morgan fingerprint density at radius 2 is 1.14 bits per heavy atom. The topological polar surface area (TPSA) is 9.72 Å². The van der Waals surface area contributed by atoms with Gasteiger partial charge in [-0.2, -0.15) is 0 Å². The molecule has 8 aromatic rings. The van der Waals surface area contributed by atoms with Crippen molar-refractivity contribution in [1.82, 2.24) is 0 Å². The van der Waals surface area contributed by atoms with Gasteiger partial charge in [0.2, 0.25) is 0 Å². The Labute approximate surface area is 392 Å². The highest BCUT2D eigenvalue weighted by Crippen LogP contribution is 2.50. The molecule has 0 aliphatic carbocycles. The molecule has 0 fully saturated rings. The number of nitrogens with zero attached hydrogens (tertiary/aromatic N) is 3. The van der Waals surface area contributed by atoms with E-state index in [9.17, 15) is 0 Å². The highest BCUT2D eigenvalue weighted by Gasteiger charge is 2.45. The first-order valence-corrected chi connectivity index (χ1v) is 23.1. The van der Waals surface area contributed by atoms with Gasteiger partial charge in [0.1, 0.15) is 0 Å². The molecule has 0 aromatic heterocycles. The van der Waals surface area contributed by atoms with Crippen molar-refractivity contribution in [1.29, 1.82) is 0 Å². The molecule has 322 valence electrons. The summed E-state index contributed by atoms with van der Waals surface area (Å²) >= 11 is 0. The van der Waals surface area contributed by atoms with Gasteiger partial charge in [-0.3, -0.25) is 0 Å². The van der Waals surface area contributed by atoms with Crippen LogP contribution < -0.4 is 31.1 Å². The molecule has 0 saturated carbocycles. The van der Waals surface area contributed by atoms with Crippen LogP contribution >= 0.6 is 0 Å². The normalized spacial score (nSPS) is 12.9. The minimum atomic E-state index is -0.0616. The van der Waals surface area contributed by atoms with Gasteiger partial charge in [0, 0.05) is 45.4 Å². The molecule has 2 aliphatic rings. The molecule has 0 spiro atoms. The van der Waals surface area contributed by atoms with E-state index in [1.54, 1.807) is 0 Å². The number of anilines is 9. The fraction of sp³-hybridized carbons (Fsp3) is 0.129. The first-order chi connectivity index (χ1) is 31.9. The van der Waals surface area contributed by atoms with Crippen molar-refractivity contribution in [3.05, 3.63) is 235 Å². The minimum Gasteiger partial charge on any atom is -0.311 e. The van der Waals surface area contributed by atoms with Gasteiger partial charge in [-0.15, -0.1) is 0 Å². The lowest BCUT2D eigenvalue weighted by Crippen LogP contribution is -2.61. The Morgan fingerprint density at radius 3 is 1.83 bits per heavy atom. The third-order valence-corrected chi connectivity index (χ3v) is 13.4. The van der Waals surface area contributed by atoms with Crippen LogP contribution in [0.4, 0.5) is 51.2 Å². The summed E-state index contributed by atoms with van der Waals surface area (Å²) in [5.41, 5.74) is 24.6. The predicted molar refractivity (Wildman–Crippen MR) is 287 cm³/mol. The van der Waals surface area contributed by atoms with Gasteiger partial charge in [-0.1, -0.05) is 178 Å². The zero-order valence-electron chi connectivity index (χ0n) is 39.2. The molecule has 0 bridgehead atoms. The van der Waals surface area contributed by atoms with Gasteiger partial charge >= 0.3 is 0 Å². The molecule has 2 aliphatic heterocycles. The van der Waals surface area contributed by atoms with Crippen molar-refractivity contribution in [2.24, 2.45) is 0 Å². The van der Waals surface area contributed by atoms with Crippen LogP contribution in [0.3, 0.4) is 0 Å². The average molecular weight is 854 g/mol. The van der Waals surface area contributed by atoms with E-state index >= 15 is 0 Å². The quantitative estimate of drug-likeness (QED) is 0.106. The largest absolute Gasteiger partial charge is 0.311 e. The molecular formula is C62H56BN3. The number of para-hydroxylation sites is 1. The molecule has 0 radical (unpaired) electrons. The monoisotopic (exact) mass is 853 g/mol. The second-order valence-corrected chi connectivity index (χ2v) is 19.0. The zero-order chi connectivity index (χ0) is 45.9. The molecule has 10 rings (SSSR count). The summed E-state index contributed by atoms with van der Waals surface area (Å²) < 4.78 is 0. The standard InChI is InChI=1S/C62H56BN3/c1-10-17-45(11-2)52-20-15-16-21-56(52)66-58-35-28-48(62(7,8)9)38-54(58)63-53-37-43(5)25-34-57(53)65(50-29-22-41(3)23-30-50)59-39-51(40-60(66)61(59)63)64(55-33-24-42(4)36-44(55)6)49-31-26-47(27-32-49)46-18-13-12-14-19-46/h10-40H,1-2H2,3-9H3/b45-17+. The molecule has 2 heterocycles. The van der Waals surface area contributed by atoms with Crippen molar-refractivity contribution >= 4 is 79.9 Å². The van der Waals surface area contributed by atoms with Crippen LogP contribution in [0.25, 0.3) is 16.7 Å². The third-order valence-electron chi connectivity index (χ3n) is 13.4. The lowest BCUT2D eigenvalue weighted by atomic mass is 9.33. The maximum Gasteiger partial charge on any atom is 0.252 e. The van der Waals surface area contributed by atoms with Crippen molar-refractivity contribution in [3.8, 4) is 11.1 Å². The summed E-state index contributed by atoms with van der Waals surface area (Å²) in [5.74, 6) is 0. The molecule has 3 nitrogen and oxygen atoms in total. The summed E-state index contributed by atoms with van der Waals surface area (Å²) in [6.07, 6.45) is 5.87. The smallest absolute Gasteiger partial charge is 0.252 e. The molecule has 4 heteroatoms. The Kier molecular flexibility index (Phi) is 10.8. The molecule has 0 unspecified atom stereocenters. The number of hydrogen-bond acceptors (Lipinski definition) is 3. The Hall–Kier alpha value is -7.56. The number of benzene rings is 8. The van der Waals surface area contributed by atoms with E-state index < -0.39 is 0 Å². The second-order valence-electron chi connectivity index (χ2n) is 19.0. The van der Waals surface area contributed by atoms with Gasteiger partial charge in [-0.05, 0) is 138 Å². The van der Waals surface area contributed by atoms with E-state index in [1.165, 1.54) is 66.7 Å². The fourth-order valence-corrected chi connectivity index (χ4v) is 10.2. The van der Waals surface area contributed by atoms with Crippen LogP contribution in [0.5, 0.6) is 0 Å². The molecule has 0 amide bonds. The predicted octanol–water partition coefficient (Wildman–Crippen LogP) is 15.2. The van der Waals surface area contributed by atoms with Gasteiger partial charge in [0.15, 0.2) is 0 Å². The molecule has 0 atom stereocenters. The Morgan fingerprint density at radius 1 is 0.530 bits per heavy atom.